The molecular weight excluding hydrogens is 510 g/mol. The fraction of sp³-hybridized carbons (Fsp3) is 0.423. The van der Waals surface area contributed by atoms with Crippen LogP contribution >= 0.6 is 11.3 Å². The van der Waals surface area contributed by atoms with E-state index in [9.17, 15) is 18.0 Å². The predicted octanol–water partition coefficient (Wildman–Crippen LogP) is 3.91. The van der Waals surface area contributed by atoms with Gasteiger partial charge >= 0.3 is 0 Å². The Morgan fingerprint density at radius 1 is 1.19 bits per heavy atom. The molecule has 0 saturated carbocycles. The van der Waals surface area contributed by atoms with E-state index in [2.05, 4.69) is 15.3 Å². The first-order valence-electron chi connectivity index (χ1n) is 12.3. The molecule has 0 saturated heterocycles. The number of amides is 1. The number of anilines is 1. The number of nitrogens with zero attached hydrogens (tertiary/aromatic N) is 4. The number of aryl methyl sites for hydroxylation is 2. The van der Waals surface area contributed by atoms with Crippen molar-refractivity contribution < 1.29 is 18.0 Å². The monoisotopic (exact) mass is 543 g/mol. The van der Waals surface area contributed by atoms with Crippen molar-refractivity contribution in [2.45, 2.75) is 51.5 Å². The van der Waals surface area contributed by atoms with Crippen molar-refractivity contribution in [2.75, 3.05) is 32.5 Å². The molecule has 0 spiro atoms. The molecular formula is C26H33N5O4S2. The molecule has 4 rings (SSSR count). The highest BCUT2D eigenvalue weighted by Crippen LogP contribution is 2.38. The smallest absolute Gasteiger partial charge is 0.281 e. The first-order valence-corrected chi connectivity index (χ1v) is 14.6. The molecule has 0 atom stereocenters. The van der Waals surface area contributed by atoms with Gasteiger partial charge in [0.05, 0.1) is 16.2 Å². The van der Waals surface area contributed by atoms with Crippen LogP contribution in [0.4, 0.5) is 5.00 Å². The number of carbonyl (C=O) groups excluding carboxylic acids is 2. The van der Waals surface area contributed by atoms with Crippen molar-refractivity contribution in [3.63, 3.8) is 0 Å². The van der Waals surface area contributed by atoms with Gasteiger partial charge in [0.1, 0.15) is 5.00 Å². The highest BCUT2D eigenvalue weighted by Gasteiger charge is 2.30. The first-order chi connectivity index (χ1) is 17.5. The molecule has 0 aliphatic carbocycles. The number of likely N-dealkylation sites (N-methyl/N-ethyl adjacent to an activating group) is 1. The number of sulfonamides is 1. The molecule has 0 radical (unpaired) electrons. The van der Waals surface area contributed by atoms with Crippen molar-refractivity contribution in [3.05, 3.63) is 63.3 Å². The van der Waals surface area contributed by atoms with E-state index in [-0.39, 0.29) is 10.8 Å². The van der Waals surface area contributed by atoms with Gasteiger partial charge in [0.15, 0.2) is 0 Å². The maximum absolute atomic E-state index is 13.6. The molecule has 0 bridgehead atoms. The molecule has 1 amide bonds. The van der Waals surface area contributed by atoms with Crippen LogP contribution in [0.2, 0.25) is 0 Å². The third kappa shape index (κ3) is 5.54. The van der Waals surface area contributed by atoms with E-state index in [1.807, 2.05) is 33.9 Å². The lowest BCUT2D eigenvalue weighted by Gasteiger charge is -2.22. The summed E-state index contributed by atoms with van der Waals surface area (Å²) in [5, 5.41) is 7.77. The predicted molar refractivity (Wildman–Crippen MR) is 145 cm³/mol. The van der Waals surface area contributed by atoms with Crippen molar-refractivity contribution in [3.8, 4) is 0 Å². The van der Waals surface area contributed by atoms with Gasteiger partial charge in [-0.1, -0.05) is 13.3 Å². The minimum Gasteiger partial charge on any atom is -0.313 e. The Kier molecular flexibility index (Phi) is 7.98. The summed E-state index contributed by atoms with van der Waals surface area (Å²) in [6, 6.07) is 7.74. The van der Waals surface area contributed by atoms with Gasteiger partial charge in [0, 0.05) is 42.8 Å². The highest BCUT2D eigenvalue weighted by molar-refractivity contribution is 7.89. The Labute approximate surface area is 222 Å². The summed E-state index contributed by atoms with van der Waals surface area (Å²) < 4.78 is 28.3. The Balaban J connectivity index is 1.62. The summed E-state index contributed by atoms with van der Waals surface area (Å²) in [7, 11) is -0.0410. The van der Waals surface area contributed by atoms with Crippen LogP contribution in [0.15, 0.2) is 35.2 Å². The van der Waals surface area contributed by atoms with Crippen molar-refractivity contribution in [2.24, 2.45) is 0 Å². The van der Waals surface area contributed by atoms with Crippen LogP contribution in [0.5, 0.6) is 0 Å². The fourth-order valence-electron chi connectivity index (χ4n) is 4.42. The van der Waals surface area contributed by atoms with Crippen LogP contribution in [-0.2, 0) is 23.0 Å². The largest absolute Gasteiger partial charge is 0.313 e. The molecule has 2 aromatic heterocycles. The maximum Gasteiger partial charge on any atom is 0.281 e. The minimum absolute atomic E-state index is 0.137. The molecule has 1 aliphatic heterocycles. The number of unbranched alkanes of at least 4 members (excludes halogenated alkanes) is 1. The van der Waals surface area contributed by atoms with E-state index < -0.39 is 15.9 Å². The van der Waals surface area contributed by atoms with Gasteiger partial charge < -0.3 is 10.2 Å². The molecule has 198 valence electrons. The van der Waals surface area contributed by atoms with E-state index in [0.717, 1.165) is 41.2 Å². The molecule has 3 heterocycles. The summed E-state index contributed by atoms with van der Waals surface area (Å²) in [5.74, 6) is -0.669. The van der Waals surface area contributed by atoms with E-state index in [4.69, 9.17) is 0 Å². The van der Waals surface area contributed by atoms with Crippen molar-refractivity contribution in [1.29, 1.82) is 0 Å². The molecule has 1 aliphatic rings. The van der Waals surface area contributed by atoms with E-state index >= 15 is 0 Å². The topological polar surface area (TPSA) is 105 Å². The van der Waals surface area contributed by atoms with Crippen molar-refractivity contribution >= 4 is 38.2 Å². The first kappa shape index (κ1) is 27.2. The molecule has 1 aromatic carbocycles. The van der Waals surface area contributed by atoms with Crippen LogP contribution in [0.1, 0.15) is 62.3 Å². The summed E-state index contributed by atoms with van der Waals surface area (Å²) in [6.45, 7) is 7.63. The zero-order valence-corrected chi connectivity index (χ0v) is 23.5. The van der Waals surface area contributed by atoms with Crippen LogP contribution in [0.25, 0.3) is 0 Å². The number of nitrogens with one attached hydrogen (secondary N) is 1. The Bertz CT molecular complexity index is 1420. The minimum atomic E-state index is -3.63. The molecule has 0 fully saturated rings. The van der Waals surface area contributed by atoms with E-state index in [0.29, 0.717) is 35.6 Å². The molecule has 3 aromatic rings. The fourth-order valence-corrected chi connectivity index (χ4v) is 6.94. The number of carbonyl (C=O) groups is 2. The van der Waals surface area contributed by atoms with Gasteiger partial charge in [-0.25, -0.2) is 17.4 Å². The third-order valence-electron chi connectivity index (χ3n) is 6.54. The summed E-state index contributed by atoms with van der Waals surface area (Å²) >= 11 is 1.41. The van der Waals surface area contributed by atoms with Gasteiger partial charge in [-0.05, 0) is 69.6 Å². The average molecular weight is 544 g/mol. The molecule has 37 heavy (non-hydrogen) atoms. The SMILES string of the molecule is CCCCN(C)S(=O)(=O)c1ccc(C(=O)Nc2sc3c(c2C(=O)n2nc(C)cc2C)CCN(C)C3)cc1. The van der Waals surface area contributed by atoms with Crippen molar-refractivity contribution in [1.82, 2.24) is 19.0 Å². The standard InChI is InChI=1S/C26H33N5O4S2/c1-6-7-13-30(5)37(34,35)20-10-8-19(9-11-20)24(32)27-25-23(21-12-14-29(4)16-22(21)36-25)26(33)31-18(3)15-17(2)28-31/h8-11,15H,6-7,12-14,16H2,1-5H3,(H,27,32). The number of aromatic nitrogens is 2. The normalized spacial score (nSPS) is 14.1. The Hall–Kier alpha value is -2.86. The van der Waals surface area contributed by atoms with E-state index in [1.54, 1.807) is 7.05 Å². The molecule has 1 N–H and O–H groups in total. The van der Waals surface area contributed by atoms with Gasteiger partial charge in [0.25, 0.3) is 11.8 Å². The number of fused-ring (bicyclic) bond motifs is 1. The zero-order chi connectivity index (χ0) is 26.9. The van der Waals surface area contributed by atoms with Gasteiger partial charge in [-0.15, -0.1) is 11.3 Å². The summed E-state index contributed by atoms with van der Waals surface area (Å²) in [5.41, 5.74) is 3.21. The maximum atomic E-state index is 13.6. The van der Waals surface area contributed by atoms with Crippen LogP contribution < -0.4 is 5.32 Å². The molecule has 9 nitrogen and oxygen atoms in total. The Morgan fingerprint density at radius 2 is 1.89 bits per heavy atom. The van der Waals surface area contributed by atoms with E-state index in [1.165, 1.54) is 44.6 Å². The van der Waals surface area contributed by atoms with Crippen LogP contribution in [0, 0.1) is 13.8 Å². The Morgan fingerprint density at radius 3 is 2.51 bits per heavy atom. The summed E-state index contributed by atoms with van der Waals surface area (Å²) in [6.07, 6.45) is 2.37. The van der Waals surface area contributed by atoms with Gasteiger partial charge in [-0.3, -0.25) is 9.59 Å². The number of thiophene rings is 1. The van der Waals surface area contributed by atoms with Gasteiger partial charge in [0.2, 0.25) is 10.0 Å². The molecule has 0 unspecified atom stereocenters. The third-order valence-corrected chi connectivity index (χ3v) is 9.55. The quantitative estimate of drug-likeness (QED) is 0.462. The lowest BCUT2D eigenvalue weighted by molar-refractivity contribution is 0.0942. The van der Waals surface area contributed by atoms with Crippen LogP contribution in [0.3, 0.4) is 0 Å². The average Bonchev–Trinajstić information content (AvgIpc) is 3.39. The summed E-state index contributed by atoms with van der Waals surface area (Å²) in [4.78, 5) is 30.2. The van der Waals surface area contributed by atoms with Gasteiger partial charge in [-0.2, -0.15) is 5.10 Å². The van der Waals surface area contributed by atoms with Crippen LogP contribution in [-0.4, -0.2) is 66.4 Å². The lowest BCUT2D eigenvalue weighted by Crippen LogP contribution is -2.28. The lowest BCUT2D eigenvalue weighted by atomic mass is 10.0. The second kappa shape index (κ2) is 10.9. The number of benzene rings is 1. The second-order valence-electron chi connectivity index (χ2n) is 9.50. The highest BCUT2D eigenvalue weighted by atomic mass is 32.2. The molecule has 11 heteroatoms. The zero-order valence-electron chi connectivity index (χ0n) is 21.9. The number of hydrogen-bond acceptors (Lipinski definition) is 7. The number of rotatable bonds is 8. The second-order valence-corrected chi connectivity index (χ2v) is 12.6. The number of hydrogen-bond donors (Lipinski definition) is 1.